The molecule has 0 aromatic heterocycles. The van der Waals surface area contributed by atoms with Crippen LogP contribution >= 0.6 is 0 Å². The quantitative estimate of drug-likeness (QED) is 0.797. The van der Waals surface area contributed by atoms with Gasteiger partial charge in [-0.25, -0.2) is 0 Å². The normalized spacial score (nSPS) is 24.7. The van der Waals surface area contributed by atoms with Crippen molar-refractivity contribution >= 4 is 0 Å². The van der Waals surface area contributed by atoms with Crippen LogP contribution in [0.3, 0.4) is 0 Å². The van der Waals surface area contributed by atoms with E-state index in [2.05, 4.69) is 0 Å². The number of benzene rings is 1. The van der Waals surface area contributed by atoms with Crippen molar-refractivity contribution in [2.45, 2.75) is 18.9 Å². The first-order chi connectivity index (χ1) is 7.18. The highest BCUT2D eigenvalue weighted by Gasteiger charge is 2.24. The van der Waals surface area contributed by atoms with E-state index < -0.39 is 0 Å². The summed E-state index contributed by atoms with van der Waals surface area (Å²) in [6.07, 6.45) is 6.01. The Bertz CT molecular complexity index is 392. The van der Waals surface area contributed by atoms with E-state index in [-0.39, 0.29) is 5.60 Å². The van der Waals surface area contributed by atoms with E-state index in [1.54, 1.807) is 12.2 Å². The summed E-state index contributed by atoms with van der Waals surface area (Å²) in [6, 6.07) is 9.70. The standard InChI is InChI=1S/C13H14O2/c1-13(9-7-11(14)8-10-13)15-12-5-3-2-4-6-12/h2-9,14H,10H2,1H3. The van der Waals surface area contributed by atoms with Crippen molar-refractivity contribution in [3.8, 4) is 5.75 Å². The van der Waals surface area contributed by atoms with Crippen molar-refractivity contribution in [3.63, 3.8) is 0 Å². The predicted molar refractivity (Wildman–Crippen MR) is 59.9 cm³/mol. The average Bonchev–Trinajstić information content (AvgIpc) is 2.24. The maximum atomic E-state index is 9.23. The van der Waals surface area contributed by atoms with Crippen LogP contribution in [0.2, 0.25) is 0 Å². The number of allylic oxidation sites excluding steroid dienone is 1. The van der Waals surface area contributed by atoms with E-state index >= 15 is 0 Å². The van der Waals surface area contributed by atoms with Crippen LogP contribution in [0.1, 0.15) is 13.3 Å². The van der Waals surface area contributed by atoms with Gasteiger partial charge in [-0.3, -0.25) is 0 Å². The molecule has 0 saturated carbocycles. The van der Waals surface area contributed by atoms with E-state index in [1.165, 1.54) is 0 Å². The minimum atomic E-state index is -0.354. The highest BCUT2D eigenvalue weighted by atomic mass is 16.5. The highest BCUT2D eigenvalue weighted by Crippen LogP contribution is 2.26. The maximum absolute atomic E-state index is 9.23. The molecule has 2 rings (SSSR count). The summed E-state index contributed by atoms with van der Waals surface area (Å²) in [4.78, 5) is 0. The fourth-order valence-electron chi connectivity index (χ4n) is 1.54. The van der Waals surface area contributed by atoms with Gasteiger partial charge in [0.05, 0.1) is 0 Å². The zero-order valence-electron chi connectivity index (χ0n) is 8.68. The highest BCUT2D eigenvalue weighted by molar-refractivity contribution is 5.27. The van der Waals surface area contributed by atoms with E-state index in [0.29, 0.717) is 12.2 Å². The second-order valence-electron chi connectivity index (χ2n) is 3.89. The van der Waals surface area contributed by atoms with Gasteiger partial charge >= 0.3 is 0 Å². The number of hydrogen-bond acceptors (Lipinski definition) is 2. The molecule has 15 heavy (non-hydrogen) atoms. The molecule has 2 heteroatoms. The van der Waals surface area contributed by atoms with Crippen LogP contribution in [-0.2, 0) is 0 Å². The van der Waals surface area contributed by atoms with Gasteiger partial charge in [0.15, 0.2) is 0 Å². The molecule has 0 heterocycles. The summed E-state index contributed by atoms with van der Waals surface area (Å²) in [7, 11) is 0. The molecule has 0 radical (unpaired) electrons. The first-order valence-electron chi connectivity index (χ1n) is 5.00. The molecule has 2 nitrogen and oxygen atoms in total. The molecule has 1 aliphatic carbocycles. The topological polar surface area (TPSA) is 29.5 Å². The third-order valence-corrected chi connectivity index (χ3v) is 2.42. The molecule has 1 N–H and O–H groups in total. The first kappa shape index (κ1) is 9.84. The van der Waals surface area contributed by atoms with E-state index in [0.717, 1.165) is 5.75 Å². The van der Waals surface area contributed by atoms with Gasteiger partial charge in [0.2, 0.25) is 0 Å². The number of hydrogen-bond donors (Lipinski definition) is 1. The minimum Gasteiger partial charge on any atom is -0.508 e. The molecule has 0 aliphatic heterocycles. The number of rotatable bonds is 2. The van der Waals surface area contributed by atoms with E-state index in [1.807, 2.05) is 43.3 Å². The van der Waals surface area contributed by atoms with Gasteiger partial charge in [0.1, 0.15) is 17.1 Å². The zero-order valence-corrected chi connectivity index (χ0v) is 8.68. The second-order valence-corrected chi connectivity index (χ2v) is 3.89. The SMILES string of the molecule is CC1(Oc2ccccc2)C=CC(O)=CC1. The first-order valence-corrected chi connectivity index (χ1v) is 5.00. The fourth-order valence-corrected chi connectivity index (χ4v) is 1.54. The fraction of sp³-hybridized carbons (Fsp3) is 0.231. The van der Waals surface area contributed by atoms with Crippen LogP contribution in [0.4, 0.5) is 0 Å². The van der Waals surface area contributed by atoms with Crippen molar-refractivity contribution in [1.29, 1.82) is 0 Å². The molecule has 1 aromatic rings. The maximum Gasteiger partial charge on any atom is 0.128 e. The molecule has 1 aliphatic rings. The smallest absolute Gasteiger partial charge is 0.128 e. The summed E-state index contributed by atoms with van der Waals surface area (Å²) in [5.41, 5.74) is -0.354. The molecule has 0 saturated heterocycles. The number of aliphatic hydroxyl groups excluding tert-OH is 1. The Morgan fingerprint density at radius 1 is 1.27 bits per heavy atom. The van der Waals surface area contributed by atoms with Crippen LogP contribution in [0, 0.1) is 0 Å². The Balaban J connectivity index is 2.10. The Kier molecular flexibility index (Phi) is 2.50. The molecule has 1 unspecified atom stereocenters. The monoisotopic (exact) mass is 202 g/mol. The van der Waals surface area contributed by atoms with Crippen molar-refractivity contribution in [2.75, 3.05) is 0 Å². The third-order valence-electron chi connectivity index (χ3n) is 2.42. The third kappa shape index (κ3) is 2.40. The summed E-state index contributed by atoms with van der Waals surface area (Å²) in [5.74, 6) is 1.16. The molecule has 0 fully saturated rings. The second kappa shape index (κ2) is 3.81. The number of aliphatic hydroxyl groups is 1. The van der Waals surface area contributed by atoms with Gasteiger partial charge in [-0.15, -0.1) is 0 Å². The van der Waals surface area contributed by atoms with Gasteiger partial charge < -0.3 is 9.84 Å². The van der Waals surface area contributed by atoms with Crippen molar-refractivity contribution in [2.24, 2.45) is 0 Å². The van der Waals surface area contributed by atoms with Gasteiger partial charge in [0.25, 0.3) is 0 Å². The molecule has 1 atom stereocenters. The molecular weight excluding hydrogens is 188 g/mol. The number of para-hydroxylation sites is 1. The molecule has 0 amide bonds. The summed E-state index contributed by atoms with van der Waals surface area (Å²) < 4.78 is 5.85. The molecule has 1 aromatic carbocycles. The Hall–Kier alpha value is -1.70. The number of ether oxygens (including phenoxy) is 1. The van der Waals surface area contributed by atoms with Crippen LogP contribution in [0.25, 0.3) is 0 Å². The lowest BCUT2D eigenvalue weighted by molar-refractivity contribution is 0.140. The molecule has 0 bridgehead atoms. The van der Waals surface area contributed by atoms with Crippen LogP contribution in [0.15, 0.2) is 54.3 Å². The lowest BCUT2D eigenvalue weighted by Gasteiger charge is -2.28. The summed E-state index contributed by atoms with van der Waals surface area (Å²) in [6.45, 7) is 2.00. The largest absolute Gasteiger partial charge is 0.508 e. The van der Waals surface area contributed by atoms with Gasteiger partial charge in [-0.05, 0) is 37.3 Å². The average molecular weight is 202 g/mol. The van der Waals surface area contributed by atoms with Crippen LogP contribution in [0.5, 0.6) is 5.75 Å². The minimum absolute atomic E-state index is 0.309. The molecular formula is C13H14O2. The lowest BCUT2D eigenvalue weighted by Crippen LogP contribution is -2.30. The Morgan fingerprint density at radius 2 is 2.00 bits per heavy atom. The lowest BCUT2D eigenvalue weighted by atomic mass is 9.97. The zero-order chi connectivity index (χ0) is 10.7. The Labute approximate surface area is 89.5 Å². The van der Waals surface area contributed by atoms with Crippen LogP contribution in [-0.4, -0.2) is 10.7 Å². The van der Waals surface area contributed by atoms with Crippen molar-refractivity contribution in [3.05, 3.63) is 54.3 Å². The van der Waals surface area contributed by atoms with Gasteiger partial charge in [-0.1, -0.05) is 18.2 Å². The summed E-state index contributed by atoms with van der Waals surface area (Å²) in [5, 5.41) is 9.23. The predicted octanol–water partition coefficient (Wildman–Crippen LogP) is 3.23. The van der Waals surface area contributed by atoms with Gasteiger partial charge in [-0.2, -0.15) is 0 Å². The van der Waals surface area contributed by atoms with Crippen molar-refractivity contribution in [1.82, 2.24) is 0 Å². The Morgan fingerprint density at radius 3 is 2.60 bits per heavy atom. The van der Waals surface area contributed by atoms with E-state index in [9.17, 15) is 5.11 Å². The molecule has 78 valence electrons. The molecule has 0 spiro atoms. The van der Waals surface area contributed by atoms with Crippen LogP contribution < -0.4 is 4.74 Å². The van der Waals surface area contributed by atoms with Gasteiger partial charge in [0, 0.05) is 6.42 Å². The van der Waals surface area contributed by atoms with Crippen molar-refractivity contribution < 1.29 is 9.84 Å². The van der Waals surface area contributed by atoms with E-state index in [4.69, 9.17) is 4.74 Å². The summed E-state index contributed by atoms with van der Waals surface area (Å²) >= 11 is 0.